The molecule has 2 bridgehead atoms. The second kappa shape index (κ2) is 13.6. The molecule has 0 amide bonds. The first-order valence-corrected chi connectivity index (χ1v) is 20.9. The summed E-state index contributed by atoms with van der Waals surface area (Å²) in [7, 11) is 1.72. The van der Waals surface area contributed by atoms with Crippen molar-refractivity contribution in [2.75, 3.05) is 62.2 Å². The van der Waals surface area contributed by atoms with Gasteiger partial charge in [-0.3, -0.25) is 14.9 Å². The largest absolute Gasteiger partial charge is 0.494 e. The van der Waals surface area contributed by atoms with Gasteiger partial charge in [-0.25, -0.2) is 4.98 Å². The Bertz CT molecular complexity index is 1820. The van der Waals surface area contributed by atoms with Gasteiger partial charge in [0, 0.05) is 67.9 Å². The summed E-state index contributed by atoms with van der Waals surface area (Å²) < 4.78 is 12.8. The van der Waals surface area contributed by atoms with E-state index in [0.29, 0.717) is 30.0 Å². The number of hydrogen-bond donors (Lipinski definition) is 2. The van der Waals surface area contributed by atoms with Gasteiger partial charge in [-0.2, -0.15) is 4.98 Å². The molecule has 10 nitrogen and oxygen atoms in total. The van der Waals surface area contributed by atoms with E-state index in [2.05, 4.69) is 83.7 Å². The third-order valence-electron chi connectivity index (χ3n) is 9.57. The number of halogens is 1. The molecule has 13 heteroatoms. The SMILES string of the molecule is CCc1cc(Nc2ncc(Br)c(Nc3ccc4nccnc4c3P(C)(C)=S)n2)c(OC)cc1N1CCC(N2CC3CCC(C2)O3)CC1. The molecule has 3 aliphatic rings. The van der Waals surface area contributed by atoms with Crippen molar-refractivity contribution in [3.8, 4) is 5.75 Å². The molecule has 248 valence electrons. The van der Waals surface area contributed by atoms with Crippen LogP contribution in [0.25, 0.3) is 11.0 Å². The topological polar surface area (TPSA) is 101 Å². The molecule has 0 aliphatic carbocycles. The molecule has 0 spiro atoms. The molecular weight excluding hydrogens is 695 g/mol. The van der Waals surface area contributed by atoms with Crippen molar-refractivity contribution >= 4 is 78.9 Å². The van der Waals surface area contributed by atoms with E-state index in [-0.39, 0.29) is 0 Å². The summed E-state index contributed by atoms with van der Waals surface area (Å²) in [4.78, 5) is 23.8. The second-order valence-electron chi connectivity index (χ2n) is 13.0. The van der Waals surface area contributed by atoms with Gasteiger partial charge in [0.15, 0.2) is 0 Å². The van der Waals surface area contributed by atoms with Crippen molar-refractivity contribution in [3.63, 3.8) is 0 Å². The minimum atomic E-state index is -1.90. The first kappa shape index (κ1) is 32.6. The van der Waals surface area contributed by atoms with Crippen LogP contribution in [0.2, 0.25) is 0 Å². The first-order chi connectivity index (χ1) is 22.7. The lowest BCUT2D eigenvalue weighted by atomic mass is 9.99. The van der Waals surface area contributed by atoms with Gasteiger partial charge in [-0.15, -0.1) is 0 Å². The van der Waals surface area contributed by atoms with Crippen LogP contribution in [-0.4, -0.2) is 89.7 Å². The molecule has 5 heterocycles. The lowest BCUT2D eigenvalue weighted by molar-refractivity contribution is -0.0556. The average Bonchev–Trinajstić information content (AvgIpc) is 3.42. The van der Waals surface area contributed by atoms with Crippen LogP contribution in [0.15, 0.2) is 47.3 Å². The summed E-state index contributed by atoms with van der Waals surface area (Å²) in [5.41, 5.74) is 5.87. The quantitative estimate of drug-likeness (QED) is 0.186. The number of ether oxygens (including phenoxy) is 2. The Morgan fingerprint density at radius 3 is 2.45 bits per heavy atom. The van der Waals surface area contributed by atoms with E-state index >= 15 is 0 Å². The lowest BCUT2D eigenvalue weighted by Gasteiger charge is -2.43. The average molecular weight is 738 g/mol. The van der Waals surface area contributed by atoms with Gasteiger partial charge in [-0.1, -0.05) is 18.7 Å². The number of aryl methyl sites for hydroxylation is 1. The molecule has 2 aromatic carbocycles. The van der Waals surface area contributed by atoms with E-state index in [4.69, 9.17) is 26.3 Å². The maximum Gasteiger partial charge on any atom is 0.229 e. The summed E-state index contributed by atoms with van der Waals surface area (Å²) >= 11 is 9.65. The highest BCUT2D eigenvalue weighted by Gasteiger charge is 2.37. The summed E-state index contributed by atoms with van der Waals surface area (Å²) in [6.45, 7) is 10.7. The number of fused-ring (bicyclic) bond motifs is 3. The van der Waals surface area contributed by atoms with E-state index in [0.717, 1.165) is 70.5 Å². The highest BCUT2D eigenvalue weighted by Crippen LogP contribution is 2.42. The Labute approximate surface area is 290 Å². The molecular formula is C34H42BrN8O2PS. The molecule has 2 N–H and O–H groups in total. The number of nitrogens with one attached hydrogen (secondary N) is 2. The van der Waals surface area contributed by atoms with E-state index < -0.39 is 6.04 Å². The standard InChI is InChI=1S/C34H42BrN8O2PS/c1-5-21-16-28(30(44-2)17-29(21)42-14-10-22(11-15-42)43-19-23-6-7-24(20-43)45-23)40-34-38-18-25(35)33(41-34)39-27-9-8-26-31(37-13-12-36-26)32(27)46(3,4)47/h8-9,12-13,16-18,22-24H,5-7,10-11,14-15,19-20H2,1-4H3,(H2,38,39,40,41). The van der Waals surface area contributed by atoms with Crippen LogP contribution < -0.4 is 25.6 Å². The fraction of sp³-hybridized carbons (Fsp3) is 0.471. The zero-order valence-electron chi connectivity index (χ0n) is 27.4. The van der Waals surface area contributed by atoms with Gasteiger partial charge in [-0.05, 0) is 91.2 Å². The van der Waals surface area contributed by atoms with Crippen LogP contribution in [0.5, 0.6) is 5.75 Å². The Morgan fingerprint density at radius 2 is 1.74 bits per heavy atom. The highest BCUT2D eigenvalue weighted by molar-refractivity contribution is 9.10. The molecule has 0 radical (unpaired) electrons. The molecule has 0 saturated carbocycles. The Morgan fingerprint density at radius 1 is 1.00 bits per heavy atom. The van der Waals surface area contributed by atoms with Crippen molar-refractivity contribution in [2.45, 2.75) is 57.3 Å². The van der Waals surface area contributed by atoms with Crippen LogP contribution in [-0.2, 0) is 23.0 Å². The smallest absolute Gasteiger partial charge is 0.229 e. The summed E-state index contributed by atoms with van der Waals surface area (Å²) in [6.07, 6.45) is 11.7. The summed E-state index contributed by atoms with van der Waals surface area (Å²) in [5.74, 6) is 1.84. The molecule has 3 aliphatic heterocycles. The van der Waals surface area contributed by atoms with Crippen LogP contribution in [0, 0.1) is 0 Å². The first-order valence-electron chi connectivity index (χ1n) is 16.4. The van der Waals surface area contributed by atoms with Crippen molar-refractivity contribution in [2.24, 2.45) is 0 Å². The molecule has 3 saturated heterocycles. The van der Waals surface area contributed by atoms with Crippen LogP contribution >= 0.6 is 22.0 Å². The molecule has 47 heavy (non-hydrogen) atoms. The molecule has 3 fully saturated rings. The van der Waals surface area contributed by atoms with Crippen molar-refractivity contribution in [3.05, 3.63) is 52.9 Å². The minimum absolute atomic E-state index is 0.440. The van der Waals surface area contributed by atoms with Crippen LogP contribution in [0.3, 0.4) is 0 Å². The van der Waals surface area contributed by atoms with Crippen molar-refractivity contribution < 1.29 is 9.47 Å². The third-order valence-corrected chi connectivity index (χ3v) is 12.2. The van der Waals surface area contributed by atoms with Gasteiger partial charge in [0.1, 0.15) is 11.6 Å². The monoisotopic (exact) mass is 736 g/mol. The predicted molar refractivity (Wildman–Crippen MR) is 199 cm³/mol. The number of morpholine rings is 1. The number of piperidine rings is 1. The van der Waals surface area contributed by atoms with Crippen LogP contribution in [0.4, 0.5) is 28.8 Å². The van der Waals surface area contributed by atoms with Crippen molar-refractivity contribution in [1.82, 2.24) is 24.8 Å². The van der Waals surface area contributed by atoms with E-state index in [1.54, 1.807) is 25.7 Å². The highest BCUT2D eigenvalue weighted by atomic mass is 79.9. The van der Waals surface area contributed by atoms with Gasteiger partial charge in [0.05, 0.1) is 46.2 Å². The number of methoxy groups -OCH3 is 1. The molecule has 4 aromatic rings. The molecule has 2 atom stereocenters. The Hall–Kier alpha value is -2.89. The number of anilines is 5. The minimum Gasteiger partial charge on any atom is -0.494 e. The van der Waals surface area contributed by atoms with Gasteiger partial charge < -0.3 is 25.0 Å². The normalized spacial score (nSPS) is 20.5. The van der Waals surface area contributed by atoms with E-state index in [1.165, 1.54) is 36.9 Å². The number of nitrogens with zero attached hydrogens (tertiary/aromatic N) is 6. The number of benzene rings is 2. The number of aromatic nitrogens is 4. The van der Waals surface area contributed by atoms with Gasteiger partial charge in [0.2, 0.25) is 5.95 Å². The van der Waals surface area contributed by atoms with E-state index in [1.807, 2.05) is 12.1 Å². The number of likely N-dealkylation sites (tertiary alicyclic amines) is 1. The Balaban J connectivity index is 1.11. The second-order valence-corrected chi connectivity index (χ2v) is 19.8. The fourth-order valence-electron chi connectivity index (χ4n) is 7.31. The summed E-state index contributed by atoms with van der Waals surface area (Å²) in [5, 5.41) is 7.95. The molecule has 2 aromatic heterocycles. The van der Waals surface area contributed by atoms with E-state index in [9.17, 15) is 0 Å². The fourth-order valence-corrected chi connectivity index (χ4v) is 9.54. The maximum atomic E-state index is 6.09. The predicted octanol–water partition coefficient (Wildman–Crippen LogP) is 6.44. The zero-order valence-corrected chi connectivity index (χ0v) is 30.7. The third kappa shape index (κ3) is 6.85. The lowest BCUT2D eigenvalue weighted by Crippen LogP contribution is -2.51. The molecule has 2 unspecified atom stereocenters. The zero-order chi connectivity index (χ0) is 32.7. The summed E-state index contributed by atoms with van der Waals surface area (Å²) in [6, 6.07) is 7.06. The Kier molecular flexibility index (Phi) is 9.41. The molecule has 7 rings (SSSR count). The number of hydrogen-bond acceptors (Lipinski definition) is 11. The maximum absolute atomic E-state index is 6.09. The van der Waals surface area contributed by atoms with Gasteiger partial charge >= 0.3 is 0 Å². The van der Waals surface area contributed by atoms with Gasteiger partial charge in [0.25, 0.3) is 0 Å². The van der Waals surface area contributed by atoms with Crippen LogP contribution in [0.1, 0.15) is 38.2 Å². The number of rotatable bonds is 9. The van der Waals surface area contributed by atoms with Crippen molar-refractivity contribution in [1.29, 1.82) is 0 Å².